The van der Waals surface area contributed by atoms with Gasteiger partial charge in [0, 0.05) is 10.9 Å². The van der Waals surface area contributed by atoms with E-state index in [9.17, 15) is 9.90 Å². The second kappa shape index (κ2) is 9.28. The van der Waals surface area contributed by atoms with Gasteiger partial charge in [0.05, 0.1) is 7.11 Å². The van der Waals surface area contributed by atoms with Gasteiger partial charge in [-0.2, -0.15) is 0 Å². The Kier molecular flexibility index (Phi) is 7.35. The van der Waals surface area contributed by atoms with E-state index in [0.29, 0.717) is 11.8 Å². The van der Waals surface area contributed by atoms with Crippen LogP contribution in [0, 0.1) is 5.92 Å². The second-order valence-corrected chi connectivity index (χ2v) is 7.02. The molecule has 0 spiro atoms. The molecule has 1 aliphatic rings. The number of benzene rings is 1. The molecule has 3 rings (SSSR count). The fraction of sp³-hybridized carbons (Fsp3) is 0.550. The van der Waals surface area contributed by atoms with E-state index in [-0.39, 0.29) is 18.0 Å². The van der Waals surface area contributed by atoms with Crippen molar-refractivity contribution in [2.45, 2.75) is 39.0 Å². The normalized spacial score (nSPS) is 15.8. The maximum atomic E-state index is 11.7. The Balaban J connectivity index is 0.00000243. The van der Waals surface area contributed by atoms with Crippen molar-refractivity contribution in [2.75, 3.05) is 26.7 Å². The number of ether oxygens (including phenoxy) is 1. The lowest BCUT2D eigenvalue weighted by Gasteiger charge is -2.32. The van der Waals surface area contributed by atoms with Crippen molar-refractivity contribution in [2.24, 2.45) is 5.92 Å². The third kappa shape index (κ3) is 4.33. The molecular formula is C20H29ClN2O3. The molecule has 6 heteroatoms. The van der Waals surface area contributed by atoms with Gasteiger partial charge in [-0.1, -0.05) is 25.5 Å². The summed E-state index contributed by atoms with van der Waals surface area (Å²) in [6.45, 7) is 5.75. The number of nitrogens with one attached hydrogen (secondary N) is 1. The van der Waals surface area contributed by atoms with Gasteiger partial charge < -0.3 is 19.7 Å². The van der Waals surface area contributed by atoms with Crippen LogP contribution in [0.15, 0.2) is 18.2 Å². The third-order valence-electron chi connectivity index (χ3n) is 5.34. The van der Waals surface area contributed by atoms with Crippen LogP contribution in [0.1, 0.15) is 48.5 Å². The van der Waals surface area contributed by atoms with E-state index < -0.39 is 5.97 Å². The minimum absolute atomic E-state index is 0. The molecule has 1 saturated heterocycles. The molecular weight excluding hydrogens is 352 g/mol. The number of fused-ring (bicyclic) bond motifs is 1. The Labute approximate surface area is 161 Å². The number of hydrogen-bond donors (Lipinski definition) is 2. The number of H-pyrrole nitrogens is 1. The highest BCUT2D eigenvalue weighted by Gasteiger charge is 2.24. The van der Waals surface area contributed by atoms with Gasteiger partial charge in [-0.25, -0.2) is 4.79 Å². The summed E-state index contributed by atoms with van der Waals surface area (Å²) in [5.41, 5.74) is 2.21. The predicted octanol–water partition coefficient (Wildman–Crippen LogP) is 4.35. The van der Waals surface area contributed by atoms with Crippen LogP contribution in [0.3, 0.4) is 0 Å². The van der Waals surface area contributed by atoms with E-state index in [4.69, 9.17) is 4.74 Å². The number of aromatic amines is 1. The number of methoxy groups -OCH3 is 1. The van der Waals surface area contributed by atoms with Crippen LogP contribution in [0.5, 0.6) is 5.88 Å². The summed E-state index contributed by atoms with van der Waals surface area (Å²) in [5.74, 6) is 0.0142. The van der Waals surface area contributed by atoms with Crippen LogP contribution in [-0.2, 0) is 6.42 Å². The highest BCUT2D eigenvalue weighted by molar-refractivity contribution is 6.07. The molecule has 0 radical (unpaired) electrons. The quantitative estimate of drug-likeness (QED) is 0.749. The van der Waals surface area contributed by atoms with Crippen LogP contribution < -0.4 is 4.74 Å². The monoisotopic (exact) mass is 380 g/mol. The van der Waals surface area contributed by atoms with Gasteiger partial charge in [0.15, 0.2) is 0 Å². The summed E-state index contributed by atoms with van der Waals surface area (Å²) in [6.07, 6.45) is 5.82. The minimum Gasteiger partial charge on any atom is -0.482 e. The first-order chi connectivity index (χ1) is 12.1. The van der Waals surface area contributed by atoms with Crippen molar-refractivity contribution in [3.63, 3.8) is 0 Å². The summed E-state index contributed by atoms with van der Waals surface area (Å²) >= 11 is 0. The maximum Gasteiger partial charge on any atom is 0.341 e. The predicted molar refractivity (Wildman–Crippen MR) is 107 cm³/mol. The molecule has 0 amide bonds. The number of carbonyl (C=O) groups is 1. The van der Waals surface area contributed by atoms with E-state index in [1.807, 2.05) is 12.1 Å². The van der Waals surface area contributed by atoms with Gasteiger partial charge >= 0.3 is 5.97 Å². The number of aromatic carboxylic acids is 1. The van der Waals surface area contributed by atoms with E-state index in [2.05, 4.69) is 22.9 Å². The van der Waals surface area contributed by atoms with Gasteiger partial charge in [0.1, 0.15) is 5.56 Å². The molecule has 0 unspecified atom stereocenters. The Morgan fingerprint density at radius 3 is 2.69 bits per heavy atom. The van der Waals surface area contributed by atoms with E-state index >= 15 is 0 Å². The number of likely N-dealkylation sites (tertiary alicyclic amines) is 1. The zero-order valence-corrected chi connectivity index (χ0v) is 16.4. The Morgan fingerprint density at radius 2 is 2.08 bits per heavy atom. The lowest BCUT2D eigenvalue weighted by Crippen LogP contribution is -2.35. The number of rotatable bonds is 7. The summed E-state index contributed by atoms with van der Waals surface area (Å²) in [5, 5.41) is 10.4. The highest BCUT2D eigenvalue weighted by atomic mass is 35.5. The van der Waals surface area contributed by atoms with Crippen LogP contribution in [0.4, 0.5) is 0 Å². The molecule has 1 fully saturated rings. The summed E-state index contributed by atoms with van der Waals surface area (Å²) in [6, 6.07) is 5.97. The van der Waals surface area contributed by atoms with Crippen molar-refractivity contribution in [1.82, 2.24) is 9.88 Å². The van der Waals surface area contributed by atoms with Gasteiger partial charge in [0.25, 0.3) is 0 Å². The summed E-state index contributed by atoms with van der Waals surface area (Å²) < 4.78 is 5.25. The first kappa shape index (κ1) is 20.6. The van der Waals surface area contributed by atoms with Gasteiger partial charge in [-0.15, -0.1) is 12.4 Å². The highest BCUT2D eigenvalue weighted by Crippen LogP contribution is 2.33. The molecule has 1 aromatic heterocycles. The zero-order chi connectivity index (χ0) is 17.8. The van der Waals surface area contributed by atoms with Crippen molar-refractivity contribution < 1.29 is 14.6 Å². The number of unbranched alkanes of at least 4 members (excludes halogenated alkanes) is 1. The molecule has 2 heterocycles. The molecule has 2 aromatic rings. The lowest BCUT2D eigenvalue weighted by atomic mass is 9.88. The molecule has 0 saturated carbocycles. The van der Waals surface area contributed by atoms with Crippen LogP contribution in [0.25, 0.3) is 10.9 Å². The number of carboxylic acids is 1. The van der Waals surface area contributed by atoms with Gasteiger partial charge in [0.2, 0.25) is 5.88 Å². The largest absolute Gasteiger partial charge is 0.482 e. The third-order valence-corrected chi connectivity index (χ3v) is 5.34. The van der Waals surface area contributed by atoms with Crippen molar-refractivity contribution in [1.29, 1.82) is 0 Å². The Bertz CT molecular complexity index is 736. The first-order valence-electron chi connectivity index (χ1n) is 9.27. The van der Waals surface area contributed by atoms with Crippen LogP contribution in [0.2, 0.25) is 0 Å². The first-order valence-corrected chi connectivity index (χ1v) is 9.27. The number of nitrogens with zero attached hydrogens (tertiary/aromatic N) is 1. The van der Waals surface area contributed by atoms with Gasteiger partial charge in [-0.3, -0.25) is 0 Å². The SMILES string of the molecule is CCCCN1CCC(Cc2cccc3[nH]c(OC)c(C(=O)O)c23)CC1.Cl. The van der Waals surface area contributed by atoms with Crippen molar-refractivity contribution in [3.05, 3.63) is 29.3 Å². The van der Waals surface area contributed by atoms with E-state index in [1.54, 1.807) is 0 Å². The second-order valence-electron chi connectivity index (χ2n) is 7.02. The molecule has 0 atom stereocenters. The topological polar surface area (TPSA) is 65.6 Å². The maximum absolute atomic E-state index is 11.7. The fourth-order valence-electron chi connectivity index (χ4n) is 3.93. The smallest absolute Gasteiger partial charge is 0.341 e. The van der Waals surface area contributed by atoms with E-state index in [0.717, 1.165) is 36.0 Å². The molecule has 0 aliphatic carbocycles. The molecule has 1 aromatic carbocycles. The van der Waals surface area contributed by atoms with Crippen molar-refractivity contribution >= 4 is 29.3 Å². The van der Waals surface area contributed by atoms with Crippen LogP contribution >= 0.6 is 12.4 Å². The molecule has 26 heavy (non-hydrogen) atoms. The Hall–Kier alpha value is -1.72. The number of aromatic nitrogens is 1. The van der Waals surface area contributed by atoms with Gasteiger partial charge in [-0.05, 0) is 62.9 Å². The van der Waals surface area contributed by atoms with Crippen molar-refractivity contribution in [3.8, 4) is 5.88 Å². The zero-order valence-electron chi connectivity index (χ0n) is 15.6. The minimum atomic E-state index is -0.940. The number of hydrogen-bond acceptors (Lipinski definition) is 3. The Morgan fingerprint density at radius 1 is 1.35 bits per heavy atom. The molecule has 144 valence electrons. The van der Waals surface area contributed by atoms with Crippen LogP contribution in [-0.4, -0.2) is 47.7 Å². The number of halogens is 1. The lowest BCUT2D eigenvalue weighted by molar-refractivity contribution is 0.0695. The molecule has 1 aliphatic heterocycles. The fourth-order valence-corrected chi connectivity index (χ4v) is 3.93. The average molecular weight is 381 g/mol. The van der Waals surface area contributed by atoms with E-state index in [1.165, 1.54) is 39.3 Å². The molecule has 0 bridgehead atoms. The standard InChI is InChI=1S/C20H28N2O3.ClH/c1-3-4-10-22-11-8-14(9-12-22)13-15-6-5-7-16-17(15)18(20(23)24)19(21-16)25-2;/h5-7,14,21H,3-4,8-13H2,1-2H3,(H,23,24);1H. The average Bonchev–Trinajstić information content (AvgIpc) is 3.01. The summed E-state index contributed by atoms with van der Waals surface area (Å²) in [4.78, 5) is 17.4. The number of piperidine rings is 1. The summed E-state index contributed by atoms with van der Waals surface area (Å²) in [7, 11) is 1.50. The molecule has 5 nitrogen and oxygen atoms in total. The number of carboxylic acid groups (broad SMARTS) is 1. The molecule has 2 N–H and O–H groups in total.